The number of halogens is 1. The number of thioether (sulfide) groups is 1. The molecular formula is C13H18ClNO2S. The molecule has 0 aliphatic heterocycles. The minimum absolute atomic E-state index is 0.136. The van der Waals surface area contributed by atoms with E-state index in [4.69, 9.17) is 16.7 Å². The summed E-state index contributed by atoms with van der Waals surface area (Å²) in [6.45, 7) is 2.77. The highest BCUT2D eigenvalue weighted by Crippen LogP contribution is 2.17. The zero-order valence-corrected chi connectivity index (χ0v) is 12.0. The van der Waals surface area contributed by atoms with Crippen molar-refractivity contribution in [1.82, 2.24) is 5.32 Å². The van der Waals surface area contributed by atoms with Gasteiger partial charge in [0.05, 0.1) is 10.6 Å². The lowest BCUT2D eigenvalue weighted by Crippen LogP contribution is -2.26. The molecule has 18 heavy (non-hydrogen) atoms. The molecule has 1 amide bonds. The predicted octanol–water partition coefficient (Wildman–Crippen LogP) is 2.49. The summed E-state index contributed by atoms with van der Waals surface area (Å²) in [4.78, 5) is 11.8. The van der Waals surface area contributed by atoms with Crippen molar-refractivity contribution in [2.45, 2.75) is 13.3 Å². The second-order valence-electron chi connectivity index (χ2n) is 3.93. The molecule has 0 spiro atoms. The molecule has 0 heterocycles. The fourth-order valence-electron chi connectivity index (χ4n) is 1.40. The molecule has 2 N–H and O–H groups in total. The van der Waals surface area contributed by atoms with Gasteiger partial charge in [-0.1, -0.05) is 17.7 Å². The second kappa shape index (κ2) is 8.40. The standard InChI is InChI=1S/C13H18ClNO2S/c1-10-3-4-11(12(14)9-10)13(17)15-5-8-18-7-2-6-16/h3-4,9,16H,2,5-8H2,1H3,(H,15,17). The topological polar surface area (TPSA) is 49.3 Å². The number of rotatable bonds is 7. The van der Waals surface area contributed by atoms with Gasteiger partial charge in [0.15, 0.2) is 0 Å². The van der Waals surface area contributed by atoms with Crippen LogP contribution in [0.1, 0.15) is 22.3 Å². The van der Waals surface area contributed by atoms with Gasteiger partial charge >= 0.3 is 0 Å². The average molecular weight is 288 g/mol. The first-order valence-corrected chi connectivity index (χ1v) is 7.41. The van der Waals surface area contributed by atoms with Crippen molar-refractivity contribution in [1.29, 1.82) is 0 Å². The highest BCUT2D eigenvalue weighted by atomic mass is 35.5. The number of amides is 1. The zero-order valence-electron chi connectivity index (χ0n) is 10.4. The number of aryl methyl sites for hydroxylation is 1. The predicted molar refractivity (Wildman–Crippen MR) is 77.6 cm³/mol. The van der Waals surface area contributed by atoms with Crippen LogP contribution in [-0.4, -0.2) is 35.7 Å². The number of aliphatic hydroxyl groups excluding tert-OH is 1. The lowest BCUT2D eigenvalue weighted by molar-refractivity contribution is 0.0956. The number of hydrogen-bond acceptors (Lipinski definition) is 3. The van der Waals surface area contributed by atoms with Crippen LogP contribution in [0.4, 0.5) is 0 Å². The van der Waals surface area contributed by atoms with Gasteiger partial charge in [-0.3, -0.25) is 4.79 Å². The molecule has 0 saturated carbocycles. The summed E-state index contributed by atoms with van der Waals surface area (Å²) in [7, 11) is 0. The molecule has 1 rings (SSSR count). The molecule has 5 heteroatoms. The van der Waals surface area contributed by atoms with E-state index in [1.165, 1.54) is 0 Å². The van der Waals surface area contributed by atoms with E-state index in [0.29, 0.717) is 17.1 Å². The van der Waals surface area contributed by atoms with Crippen LogP contribution in [0.25, 0.3) is 0 Å². The Morgan fingerprint density at radius 3 is 2.89 bits per heavy atom. The molecule has 100 valence electrons. The van der Waals surface area contributed by atoms with Gasteiger partial charge in [-0.15, -0.1) is 0 Å². The lowest BCUT2D eigenvalue weighted by atomic mass is 10.1. The van der Waals surface area contributed by atoms with Gasteiger partial charge in [0.2, 0.25) is 0 Å². The molecule has 3 nitrogen and oxygen atoms in total. The quantitative estimate of drug-likeness (QED) is 0.758. The van der Waals surface area contributed by atoms with E-state index in [1.54, 1.807) is 23.9 Å². The monoisotopic (exact) mass is 287 g/mol. The van der Waals surface area contributed by atoms with Gasteiger partial charge < -0.3 is 10.4 Å². The van der Waals surface area contributed by atoms with E-state index in [0.717, 1.165) is 23.5 Å². The van der Waals surface area contributed by atoms with Gasteiger partial charge in [-0.05, 0) is 36.8 Å². The van der Waals surface area contributed by atoms with Gasteiger partial charge in [-0.2, -0.15) is 11.8 Å². The van der Waals surface area contributed by atoms with Crippen LogP contribution in [-0.2, 0) is 0 Å². The summed E-state index contributed by atoms with van der Waals surface area (Å²) in [6, 6.07) is 5.40. The molecule has 0 unspecified atom stereocenters. The van der Waals surface area contributed by atoms with E-state index >= 15 is 0 Å². The third kappa shape index (κ3) is 5.29. The minimum Gasteiger partial charge on any atom is -0.396 e. The van der Waals surface area contributed by atoms with Crippen molar-refractivity contribution in [3.8, 4) is 0 Å². The molecule has 1 aromatic carbocycles. The SMILES string of the molecule is Cc1ccc(C(=O)NCCSCCCO)c(Cl)c1. The van der Waals surface area contributed by atoms with E-state index in [1.807, 2.05) is 13.0 Å². The normalized spacial score (nSPS) is 10.4. The Balaban J connectivity index is 2.32. The van der Waals surface area contributed by atoms with Crippen LogP contribution in [0, 0.1) is 6.92 Å². The minimum atomic E-state index is -0.136. The zero-order chi connectivity index (χ0) is 13.4. The molecule has 0 aliphatic carbocycles. The number of carbonyl (C=O) groups excluding carboxylic acids is 1. The van der Waals surface area contributed by atoms with Crippen molar-refractivity contribution in [3.63, 3.8) is 0 Å². The Bertz CT molecular complexity index is 399. The molecule has 0 aromatic heterocycles. The summed E-state index contributed by atoms with van der Waals surface area (Å²) in [6.07, 6.45) is 0.794. The van der Waals surface area contributed by atoms with E-state index in [9.17, 15) is 4.79 Å². The van der Waals surface area contributed by atoms with Gasteiger partial charge in [0.25, 0.3) is 5.91 Å². The van der Waals surface area contributed by atoms with Crippen LogP contribution in [0.5, 0.6) is 0 Å². The third-order valence-electron chi connectivity index (χ3n) is 2.35. The van der Waals surface area contributed by atoms with Crippen LogP contribution in [0.15, 0.2) is 18.2 Å². The summed E-state index contributed by atoms with van der Waals surface area (Å²) >= 11 is 7.73. The van der Waals surface area contributed by atoms with Crippen molar-refractivity contribution < 1.29 is 9.90 Å². The van der Waals surface area contributed by atoms with Crippen LogP contribution >= 0.6 is 23.4 Å². The Kier molecular flexibility index (Phi) is 7.16. The molecule has 0 saturated heterocycles. The first-order valence-electron chi connectivity index (χ1n) is 5.88. The molecule has 0 radical (unpaired) electrons. The molecule has 0 fully saturated rings. The van der Waals surface area contributed by atoms with Crippen LogP contribution in [0.2, 0.25) is 5.02 Å². The van der Waals surface area contributed by atoms with Crippen LogP contribution < -0.4 is 5.32 Å². The first kappa shape index (κ1) is 15.3. The Labute approximate surface area is 117 Å². The summed E-state index contributed by atoms with van der Waals surface area (Å²) < 4.78 is 0. The molecule has 1 aromatic rings. The van der Waals surface area contributed by atoms with Crippen molar-refractivity contribution >= 4 is 29.3 Å². The maximum absolute atomic E-state index is 11.8. The van der Waals surface area contributed by atoms with Gasteiger partial charge in [0.1, 0.15) is 0 Å². The van der Waals surface area contributed by atoms with E-state index in [-0.39, 0.29) is 12.5 Å². The number of benzene rings is 1. The maximum Gasteiger partial charge on any atom is 0.252 e. The molecule has 0 bridgehead atoms. The molecular weight excluding hydrogens is 270 g/mol. The number of hydrogen-bond donors (Lipinski definition) is 2. The van der Waals surface area contributed by atoms with Gasteiger partial charge in [0, 0.05) is 18.9 Å². The second-order valence-corrected chi connectivity index (χ2v) is 5.56. The smallest absolute Gasteiger partial charge is 0.252 e. The highest BCUT2D eigenvalue weighted by molar-refractivity contribution is 7.99. The van der Waals surface area contributed by atoms with Crippen molar-refractivity contribution in [2.75, 3.05) is 24.7 Å². The molecule has 0 atom stereocenters. The van der Waals surface area contributed by atoms with Crippen LogP contribution in [0.3, 0.4) is 0 Å². The fourth-order valence-corrected chi connectivity index (χ4v) is 2.51. The van der Waals surface area contributed by atoms with Crippen molar-refractivity contribution in [2.24, 2.45) is 0 Å². The largest absolute Gasteiger partial charge is 0.396 e. The number of aliphatic hydroxyl groups is 1. The highest BCUT2D eigenvalue weighted by Gasteiger charge is 2.09. The number of carbonyl (C=O) groups is 1. The Morgan fingerprint density at radius 2 is 2.22 bits per heavy atom. The Morgan fingerprint density at radius 1 is 1.44 bits per heavy atom. The first-order chi connectivity index (χ1) is 8.65. The van der Waals surface area contributed by atoms with Crippen molar-refractivity contribution in [3.05, 3.63) is 34.3 Å². The van der Waals surface area contributed by atoms with E-state index in [2.05, 4.69) is 5.32 Å². The molecule has 0 aliphatic rings. The van der Waals surface area contributed by atoms with E-state index < -0.39 is 0 Å². The summed E-state index contributed by atoms with van der Waals surface area (Å²) in [5.74, 6) is 1.62. The lowest BCUT2D eigenvalue weighted by Gasteiger charge is -2.07. The third-order valence-corrected chi connectivity index (χ3v) is 3.73. The summed E-state index contributed by atoms with van der Waals surface area (Å²) in [5, 5.41) is 11.9. The summed E-state index contributed by atoms with van der Waals surface area (Å²) in [5.41, 5.74) is 1.55. The average Bonchev–Trinajstić information content (AvgIpc) is 2.33. The maximum atomic E-state index is 11.8. The Hall–Kier alpha value is -0.710. The fraction of sp³-hybridized carbons (Fsp3) is 0.462. The van der Waals surface area contributed by atoms with Gasteiger partial charge in [-0.25, -0.2) is 0 Å². The number of nitrogens with one attached hydrogen (secondary N) is 1.